The lowest BCUT2D eigenvalue weighted by Gasteiger charge is -2.32. The number of aromatic hydroxyl groups is 1. The zero-order valence-corrected chi connectivity index (χ0v) is 19.7. The minimum absolute atomic E-state index is 0.256. The standard InChI is InChI=1S/C21H38NO4P/c1-11-25-27(24,26-12-2)19(22(9)10)15-13-16(20(3,4)5)18(23)17(14-15)21(6,7)8/h13-14,19,23H,11-12H2,1-10H3/p+1/t19-/m0/s1. The zero-order chi connectivity index (χ0) is 21.2. The van der Waals surface area contributed by atoms with Crippen molar-refractivity contribution in [3.63, 3.8) is 0 Å². The van der Waals surface area contributed by atoms with E-state index < -0.39 is 13.4 Å². The molecule has 0 unspecified atom stereocenters. The van der Waals surface area contributed by atoms with Crippen LogP contribution in [-0.4, -0.2) is 32.4 Å². The third-order valence-corrected chi connectivity index (χ3v) is 7.23. The first-order chi connectivity index (χ1) is 12.2. The Labute approximate surface area is 165 Å². The highest BCUT2D eigenvalue weighted by molar-refractivity contribution is 7.54. The molecule has 27 heavy (non-hydrogen) atoms. The molecule has 0 spiro atoms. The van der Waals surface area contributed by atoms with Gasteiger partial charge in [-0.2, -0.15) is 0 Å². The number of hydrogen-bond donors (Lipinski definition) is 2. The van der Waals surface area contributed by atoms with Crippen LogP contribution in [0.2, 0.25) is 0 Å². The second kappa shape index (κ2) is 8.65. The van der Waals surface area contributed by atoms with Crippen LogP contribution in [0.15, 0.2) is 12.1 Å². The quantitative estimate of drug-likeness (QED) is 0.666. The molecule has 0 radical (unpaired) electrons. The van der Waals surface area contributed by atoms with E-state index in [1.807, 2.05) is 40.1 Å². The van der Waals surface area contributed by atoms with E-state index in [-0.39, 0.29) is 10.8 Å². The fourth-order valence-corrected chi connectivity index (χ4v) is 5.58. The second-order valence-corrected chi connectivity index (χ2v) is 11.4. The summed E-state index contributed by atoms with van der Waals surface area (Å²) in [4.78, 5) is 0.964. The van der Waals surface area contributed by atoms with Crippen molar-refractivity contribution in [2.45, 2.75) is 72.0 Å². The Morgan fingerprint density at radius 2 is 1.33 bits per heavy atom. The first-order valence-corrected chi connectivity index (χ1v) is 11.4. The zero-order valence-electron chi connectivity index (χ0n) is 18.8. The molecule has 0 aromatic heterocycles. The summed E-state index contributed by atoms with van der Waals surface area (Å²) in [5.74, 6) is -0.158. The molecular formula is C21H39NO4P+. The Bertz CT molecular complexity index is 641. The van der Waals surface area contributed by atoms with Gasteiger partial charge in [-0.05, 0) is 36.8 Å². The summed E-state index contributed by atoms with van der Waals surface area (Å²) < 4.78 is 25.0. The van der Waals surface area contributed by atoms with Crippen LogP contribution in [0.3, 0.4) is 0 Å². The van der Waals surface area contributed by atoms with Gasteiger partial charge in [0.2, 0.25) is 5.78 Å². The van der Waals surface area contributed by atoms with Gasteiger partial charge in [-0.3, -0.25) is 4.57 Å². The molecule has 1 atom stereocenters. The van der Waals surface area contributed by atoms with Crippen LogP contribution in [0.1, 0.15) is 77.9 Å². The van der Waals surface area contributed by atoms with Crippen molar-refractivity contribution in [3.05, 3.63) is 28.8 Å². The first kappa shape index (κ1) is 24.2. The summed E-state index contributed by atoms with van der Waals surface area (Å²) in [6, 6.07) is 3.93. The van der Waals surface area contributed by atoms with Crippen molar-refractivity contribution < 1.29 is 23.6 Å². The van der Waals surface area contributed by atoms with Gasteiger partial charge >= 0.3 is 7.60 Å². The topological polar surface area (TPSA) is 60.2 Å². The number of nitrogens with one attached hydrogen (secondary N) is 1. The second-order valence-electron chi connectivity index (χ2n) is 9.32. The molecule has 5 nitrogen and oxygen atoms in total. The average molecular weight is 401 g/mol. The fraction of sp³-hybridized carbons (Fsp3) is 0.714. The molecule has 0 saturated carbocycles. The molecule has 0 aliphatic heterocycles. The number of phenolic OH excluding ortho intramolecular Hbond substituents is 1. The fourth-order valence-electron chi connectivity index (χ4n) is 3.34. The van der Waals surface area contributed by atoms with Crippen molar-refractivity contribution in [2.75, 3.05) is 27.3 Å². The first-order valence-electron chi connectivity index (χ1n) is 9.75. The predicted octanol–water partition coefficient (Wildman–Crippen LogP) is 4.40. The van der Waals surface area contributed by atoms with Crippen LogP contribution in [0.25, 0.3) is 0 Å². The highest BCUT2D eigenvalue weighted by Gasteiger charge is 2.43. The summed E-state index contributed by atoms with van der Waals surface area (Å²) in [6.45, 7) is 16.7. The normalized spacial score (nSPS) is 14.6. The van der Waals surface area contributed by atoms with E-state index in [0.717, 1.165) is 21.6 Å². The van der Waals surface area contributed by atoms with E-state index in [0.29, 0.717) is 19.0 Å². The molecule has 1 aromatic rings. The minimum Gasteiger partial charge on any atom is -0.507 e. The van der Waals surface area contributed by atoms with Crippen LogP contribution in [0, 0.1) is 0 Å². The highest BCUT2D eigenvalue weighted by atomic mass is 31.2. The van der Waals surface area contributed by atoms with E-state index in [1.54, 1.807) is 0 Å². The smallest absolute Gasteiger partial charge is 0.392 e. The summed E-state index contributed by atoms with van der Waals surface area (Å²) in [5.41, 5.74) is 2.04. The summed E-state index contributed by atoms with van der Waals surface area (Å²) in [5, 5.41) is 11.0. The number of quaternary nitrogens is 1. The summed E-state index contributed by atoms with van der Waals surface area (Å²) in [7, 11) is 0.523. The van der Waals surface area contributed by atoms with Crippen molar-refractivity contribution >= 4 is 7.60 Å². The molecule has 0 heterocycles. The predicted molar refractivity (Wildman–Crippen MR) is 112 cm³/mol. The number of benzene rings is 1. The van der Waals surface area contributed by atoms with Crippen molar-refractivity contribution in [1.82, 2.24) is 0 Å². The maximum Gasteiger partial charge on any atom is 0.392 e. The van der Waals surface area contributed by atoms with Crippen LogP contribution in [0.5, 0.6) is 5.75 Å². The lowest BCUT2D eigenvalue weighted by molar-refractivity contribution is -0.878. The van der Waals surface area contributed by atoms with Crippen molar-refractivity contribution in [3.8, 4) is 5.75 Å². The Morgan fingerprint density at radius 3 is 1.59 bits per heavy atom. The van der Waals surface area contributed by atoms with Gasteiger partial charge in [0.25, 0.3) is 0 Å². The van der Waals surface area contributed by atoms with E-state index in [1.165, 1.54) is 0 Å². The Hall–Kier alpha value is -0.870. The lowest BCUT2D eigenvalue weighted by Crippen LogP contribution is -3.05. The molecule has 0 fully saturated rings. The number of hydrogen-bond acceptors (Lipinski definition) is 4. The number of phenols is 1. The average Bonchev–Trinajstić information content (AvgIpc) is 2.46. The van der Waals surface area contributed by atoms with Gasteiger partial charge in [-0.15, -0.1) is 0 Å². The van der Waals surface area contributed by atoms with E-state index in [2.05, 4.69) is 41.5 Å². The molecule has 1 aromatic carbocycles. The maximum atomic E-state index is 13.6. The molecule has 0 aliphatic carbocycles. The monoisotopic (exact) mass is 400 g/mol. The van der Waals surface area contributed by atoms with Gasteiger partial charge in [-0.25, -0.2) is 0 Å². The molecule has 1 rings (SSSR count). The lowest BCUT2D eigenvalue weighted by atomic mass is 9.78. The molecule has 156 valence electrons. The molecular weight excluding hydrogens is 361 g/mol. The van der Waals surface area contributed by atoms with E-state index >= 15 is 0 Å². The van der Waals surface area contributed by atoms with Gasteiger partial charge in [-0.1, -0.05) is 41.5 Å². The summed E-state index contributed by atoms with van der Waals surface area (Å²) >= 11 is 0. The van der Waals surface area contributed by atoms with Crippen LogP contribution < -0.4 is 4.90 Å². The van der Waals surface area contributed by atoms with Crippen LogP contribution in [-0.2, 0) is 24.4 Å². The molecule has 0 amide bonds. The van der Waals surface area contributed by atoms with Gasteiger partial charge in [0.1, 0.15) is 5.75 Å². The van der Waals surface area contributed by atoms with Crippen LogP contribution in [0.4, 0.5) is 0 Å². The van der Waals surface area contributed by atoms with Crippen LogP contribution >= 0.6 is 7.60 Å². The third kappa shape index (κ3) is 5.57. The SMILES string of the molecule is CCOP(=O)(OCC)[C@@H](c1cc(C(C)(C)C)c(O)c(C(C)(C)C)c1)[NH+](C)C. The molecule has 0 aliphatic rings. The Morgan fingerprint density at radius 1 is 0.963 bits per heavy atom. The van der Waals surface area contributed by atoms with Gasteiger partial charge < -0.3 is 19.1 Å². The van der Waals surface area contributed by atoms with Crippen molar-refractivity contribution in [1.29, 1.82) is 0 Å². The highest BCUT2D eigenvalue weighted by Crippen LogP contribution is 2.58. The molecule has 2 N–H and O–H groups in total. The van der Waals surface area contributed by atoms with Gasteiger partial charge in [0, 0.05) is 16.7 Å². The molecule has 0 saturated heterocycles. The minimum atomic E-state index is -3.39. The molecule has 6 heteroatoms. The molecule has 0 bridgehead atoms. The van der Waals surface area contributed by atoms with Gasteiger partial charge in [0.15, 0.2) is 0 Å². The van der Waals surface area contributed by atoms with E-state index in [9.17, 15) is 9.67 Å². The Balaban J connectivity index is 3.81. The maximum absolute atomic E-state index is 13.6. The summed E-state index contributed by atoms with van der Waals surface area (Å²) in [6.07, 6.45) is 0. The Kier molecular flexibility index (Phi) is 7.74. The largest absolute Gasteiger partial charge is 0.507 e. The number of rotatable bonds is 7. The van der Waals surface area contributed by atoms with Crippen molar-refractivity contribution in [2.24, 2.45) is 0 Å². The van der Waals surface area contributed by atoms with E-state index in [4.69, 9.17) is 9.05 Å². The van der Waals surface area contributed by atoms with Gasteiger partial charge in [0.05, 0.1) is 27.3 Å². The third-order valence-electron chi connectivity index (χ3n) is 4.55.